The molecule has 0 saturated heterocycles. The second-order valence-electron chi connectivity index (χ2n) is 4.10. The van der Waals surface area contributed by atoms with Crippen molar-refractivity contribution >= 4 is 11.3 Å². The van der Waals surface area contributed by atoms with Crippen molar-refractivity contribution in [3.63, 3.8) is 0 Å². The van der Waals surface area contributed by atoms with Gasteiger partial charge in [0.15, 0.2) is 0 Å². The van der Waals surface area contributed by atoms with Crippen LogP contribution >= 0.6 is 11.3 Å². The third-order valence-corrected chi connectivity index (χ3v) is 3.65. The predicted octanol–water partition coefficient (Wildman–Crippen LogP) is 4.08. The Balaban J connectivity index is 2.39. The third-order valence-electron chi connectivity index (χ3n) is 2.62. The summed E-state index contributed by atoms with van der Waals surface area (Å²) in [6, 6.07) is 2.63. The van der Waals surface area contributed by atoms with Crippen LogP contribution < -0.4 is 5.32 Å². The van der Waals surface area contributed by atoms with Gasteiger partial charge in [-0.1, -0.05) is 6.92 Å². The van der Waals surface area contributed by atoms with E-state index < -0.39 is 17.6 Å². The van der Waals surface area contributed by atoms with E-state index in [1.54, 1.807) is 0 Å². The standard InChI is InChI=1S/C13H12F4N2S/c1-2-18-6-9-7-19-12(20-9)10-4-3-8(14)5-11(10)13(15,16)17/h3-5,7,18H,2,6H2,1H3. The predicted molar refractivity (Wildman–Crippen MR) is 69.9 cm³/mol. The van der Waals surface area contributed by atoms with Crippen LogP contribution in [0.3, 0.4) is 0 Å². The minimum atomic E-state index is -4.61. The summed E-state index contributed by atoms with van der Waals surface area (Å²) < 4.78 is 51.8. The van der Waals surface area contributed by atoms with Gasteiger partial charge in [0.2, 0.25) is 0 Å². The topological polar surface area (TPSA) is 24.9 Å². The quantitative estimate of drug-likeness (QED) is 0.861. The smallest absolute Gasteiger partial charge is 0.312 e. The second kappa shape index (κ2) is 5.88. The zero-order valence-corrected chi connectivity index (χ0v) is 11.4. The van der Waals surface area contributed by atoms with Crippen LogP contribution in [0.25, 0.3) is 10.6 Å². The fraction of sp³-hybridized carbons (Fsp3) is 0.308. The lowest BCUT2D eigenvalue weighted by atomic mass is 10.1. The maximum atomic E-state index is 13.0. The summed E-state index contributed by atoms with van der Waals surface area (Å²) in [7, 11) is 0. The lowest BCUT2D eigenvalue weighted by molar-refractivity contribution is -0.137. The van der Waals surface area contributed by atoms with Gasteiger partial charge < -0.3 is 5.32 Å². The molecule has 1 aromatic carbocycles. The molecule has 0 aliphatic carbocycles. The van der Waals surface area contributed by atoms with E-state index in [4.69, 9.17) is 0 Å². The average molecular weight is 304 g/mol. The zero-order chi connectivity index (χ0) is 14.8. The first-order valence-corrected chi connectivity index (χ1v) is 6.76. The Labute approximate surface area is 117 Å². The molecule has 0 amide bonds. The summed E-state index contributed by atoms with van der Waals surface area (Å²) in [5.41, 5.74) is -1.09. The molecule has 0 spiro atoms. The molecule has 108 valence electrons. The van der Waals surface area contributed by atoms with Gasteiger partial charge in [-0.3, -0.25) is 0 Å². The molecule has 2 aromatic rings. The molecule has 1 heterocycles. The maximum Gasteiger partial charge on any atom is 0.417 e. The monoisotopic (exact) mass is 304 g/mol. The van der Waals surface area contributed by atoms with E-state index in [9.17, 15) is 17.6 Å². The number of hydrogen-bond acceptors (Lipinski definition) is 3. The van der Waals surface area contributed by atoms with Crippen LogP contribution in [0.2, 0.25) is 0 Å². The number of halogens is 4. The van der Waals surface area contributed by atoms with Gasteiger partial charge in [-0.05, 0) is 24.7 Å². The number of hydrogen-bond donors (Lipinski definition) is 1. The van der Waals surface area contributed by atoms with Gasteiger partial charge in [-0.2, -0.15) is 13.2 Å². The van der Waals surface area contributed by atoms with E-state index in [2.05, 4.69) is 10.3 Å². The highest BCUT2D eigenvalue weighted by atomic mass is 32.1. The van der Waals surface area contributed by atoms with Crippen molar-refractivity contribution in [3.8, 4) is 10.6 Å². The Morgan fingerprint density at radius 2 is 2.05 bits per heavy atom. The van der Waals surface area contributed by atoms with Crippen molar-refractivity contribution in [2.24, 2.45) is 0 Å². The van der Waals surface area contributed by atoms with Gasteiger partial charge >= 0.3 is 6.18 Å². The molecule has 2 nitrogen and oxygen atoms in total. The minimum absolute atomic E-state index is 0.0911. The lowest BCUT2D eigenvalue weighted by Gasteiger charge is -2.11. The SMILES string of the molecule is CCNCc1cnc(-c2ccc(F)cc2C(F)(F)F)s1. The van der Waals surface area contributed by atoms with Gasteiger partial charge in [0.05, 0.1) is 5.56 Å². The van der Waals surface area contributed by atoms with Crippen LogP contribution in [0.5, 0.6) is 0 Å². The molecular weight excluding hydrogens is 292 g/mol. The molecule has 1 aromatic heterocycles. The summed E-state index contributed by atoms with van der Waals surface area (Å²) in [4.78, 5) is 4.83. The number of rotatable bonds is 4. The number of benzene rings is 1. The molecule has 20 heavy (non-hydrogen) atoms. The van der Waals surface area contributed by atoms with E-state index in [-0.39, 0.29) is 10.6 Å². The molecule has 1 N–H and O–H groups in total. The summed E-state index contributed by atoms with van der Waals surface area (Å²) in [6.45, 7) is 3.25. The molecule has 0 bridgehead atoms. The Bertz CT molecular complexity index is 592. The molecular formula is C13H12F4N2S. The highest BCUT2D eigenvalue weighted by Crippen LogP contribution is 2.38. The van der Waals surface area contributed by atoms with Crippen molar-refractivity contribution in [3.05, 3.63) is 40.7 Å². The lowest BCUT2D eigenvalue weighted by Crippen LogP contribution is -2.10. The van der Waals surface area contributed by atoms with Crippen molar-refractivity contribution in [2.45, 2.75) is 19.6 Å². The number of nitrogens with one attached hydrogen (secondary N) is 1. The zero-order valence-electron chi connectivity index (χ0n) is 10.6. The Morgan fingerprint density at radius 3 is 2.70 bits per heavy atom. The number of thiazole rings is 1. The van der Waals surface area contributed by atoms with E-state index in [0.717, 1.165) is 23.6 Å². The largest absolute Gasteiger partial charge is 0.417 e. The van der Waals surface area contributed by atoms with Crippen LogP contribution in [-0.4, -0.2) is 11.5 Å². The second-order valence-corrected chi connectivity index (χ2v) is 5.21. The van der Waals surface area contributed by atoms with Crippen molar-refractivity contribution in [1.82, 2.24) is 10.3 Å². The normalized spacial score (nSPS) is 11.8. The van der Waals surface area contributed by atoms with Crippen LogP contribution in [0.15, 0.2) is 24.4 Å². The highest BCUT2D eigenvalue weighted by molar-refractivity contribution is 7.15. The molecule has 0 fully saturated rings. The van der Waals surface area contributed by atoms with Crippen LogP contribution in [0.1, 0.15) is 17.4 Å². The van der Waals surface area contributed by atoms with Crippen LogP contribution in [0.4, 0.5) is 17.6 Å². The van der Waals surface area contributed by atoms with E-state index in [0.29, 0.717) is 12.6 Å². The van der Waals surface area contributed by atoms with Crippen molar-refractivity contribution in [1.29, 1.82) is 0 Å². The summed E-state index contributed by atoms with van der Waals surface area (Å²) in [5.74, 6) is -0.912. The first-order valence-electron chi connectivity index (χ1n) is 5.94. The Morgan fingerprint density at radius 1 is 1.30 bits per heavy atom. The first kappa shape index (κ1) is 14.9. The third kappa shape index (κ3) is 3.34. The molecule has 2 rings (SSSR count). The molecule has 0 saturated carbocycles. The van der Waals surface area contributed by atoms with Gasteiger partial charge in [0.1, 0.15) is 10.8 Å². The van der Waals surface area contributed by atoms with E-state index >= 15 is 0 Å². The molecule has 0 unspecified atom stereocenters. The fourth-order valence-electron chi connectivity index (χ4n) is 1.70. The van der Waals surface area contributed by atoms with E-state index in [1.165, 1.54) is 17.5 Å². The van der Waals surface area contributed by atoms with Crippen molar-refractivity contribution < 1.29 is 17.6 Å². The average Bonchev–Trinajstić information content (AvgIpc) is 2.84. The van der Waals surface area contributed by atoms with Crippen LogP contribution in [-0.2, 0) is 12.7 Å². The molecule has 0 aliphatic heterocycles. The Hall–Kier alpha value is -1.47. The van der Waals surface area contributed by atoms with E-state index in [1.807, 2.05) is 6.92 Å². The maximum absolute atomic E-state index is 13.0. The molecule has 7 heteroatoms. The van der Waals surface area contributed by atoms with Crippen molar-refractivity contribution in [2.75, 3.05) is 6.54 Å². The fourth-order valence-corrected chi connectivity index (χ4v) is 2.62. The van der Waals surface area contributed by atoms with Crippen LogP contribution in [0, 0.1) is 5.82 Å². The molecule has 0 atom stereocenters. The molecule has 0 aliphatic rings. The number of aromatic nitrogens is 1. The number of alkyl halides is 3. The van der Waals surface area contributed by atoms with Gasteiger partial charge in [0.25, 0.3) is 0 Å². The van der Waals surface area contributed by atoms with Gasteiger partial charge in [-0.15, -0.1) is 11.3 Å². The first-order chi connectivity index (χ1) is 9.41. The summed E-state index contributed by atoms with van der Waals surface area (Å²) in [5, 5.41) is 3.31. The Kier molecular flexibility index (Phi) is 4.39. The molecule has 0 radical (unpaired) electrons. The highest BCUT2D eigenvalue weighted by Gasteiger charge is 2.34. The van der Waals surface area contributed by atoms with Gasteiger partial charge in [0, 0.05) is 23.2 Å². The minimum Gasteiger partial charge on any atom is -0.312 e. The summed E-state index contributed by atoms with van der Waals surface area (Å²) in [6.07, 6.45) is -3.07. The summed E-state index contributed by atoms with van der Waals surface area (Å²) >= 11 is 1.17. The van der Waals surface area contributed by atoms with Gasteiger partial charge in [-0.25, -0.2) is 9.37 Å². The number of nitrogens with zero attached hydrogens (tertiary/aromatic N) is 1.